The summed E-state index contributed by atoms with van der Waals surface area (Å²) in [6.07, 6.45) is 2.31. The minimum Gasteiger partial charge on any atom is -0.481 e. The van der Waals surface area contributed by atoms with Crippen LogP contribution >= 0.6 is 0 Å². The number of carboxylic acids is 1. The van der Waals surface area contributed by atoms with E-state index in [-0.39, 0.29) is 42.6 Å². The van der Waals surface area contributed by atoms with Crippen molar-refractivity contribution in [2.24, 2.45) is 23.7 Å². The van der Waals surface area contributed by atoms with Crippen LogP contribution in [0.2, 0.25) is 0 Å². The molecule has 7 nitrogen and oxygen atoms in total. The van der Waals surface area contributed by atoms with Crippen molar-refractivity contribution in [2.75, 3.05) is 19.8 Å². The SMILES string of the molecule is CC1C2C(CN(C(=O)OCc3ccccc3)C1COC1CCCCO1)C2C(=O)O. The first-order valence-corrected chi connectivity index (χ1v) is 10.5. The second kappa shape index (κ2) is 8.71. The Bertz CT molecular complexity index is 719. The number of amides is 1. The fourth-order valence-corrected chi connectivity index (χ4v) is 4.91. The number of rotatable bonds is 6. The van der Waals surface area contributed by atoms with E-state index in [0.29, 0.717) is 19.8 Å². The summed E-state index contributed by atoms with van der Waals surface area (Å²) in [6.45, 7) is 3.65. The van der Waals surface area contributed by atoms with Crippen LogP contribution in [-0.2, 0) is 25.6 Å². The summed E-state index contributed by atoms with van der Waals surface area (Å²) < 4.78 is 17.2. The van der Waals surface area contributed by atoms with Crippen LogP contribution in [0.25, 0.3) is 0 Å². The summed E-state index contributed by atoms with van der Waals surface area (Å²) in [5.74, 6) is -1.05. The zero-order valence-corrected chi connectivity index (χ0v) is 16.7. The Kier molecular flexibility index (Phi) is 6.06. The van der Waals surface area contributed by atoms with Crippen LogP contribution in [0.4, 0.5) is 4.79 Å². The van der Waals surface area contributed by atoms with Crippen LogP contribution in [0, 0.1) is 23.7 Å². The van der Waals surface area contributed by atoms with Gasteiger partial charge in [0, 0.05) is 13.2 Å². The molecule has 0 spiro atoms. The van der Waals surface area contributed by atoms with E-state index in [9.17, 15) is 14.7 Å². The monoisotopic (exact) mass is 403 g/mol. The number of likely N-dealkylation sites (tertiary alicyclic amines) is 1. The quantitative estimate of drug-likeness (QED) is 0.785. The third kappa shape index (κ3) is 4.41. The molecular weight excluding hydrogens is 374 g/mol. The maximum Gasteiger partial charge on any atom is 0.410 e. The van der Waals surface area contributed by atoms with E-state index in [4.69, 9.17) is 14.2 Å². The van der Waals surface area contributed by atoms with E-state index in [1.807, 2.05) is 37.3 Å². The summed E-state index contributed by atoms with van der Waals surface area (Å²) in [7, 11) is 0. The molecular formula is C22H29NO6. The largest absolute Gasteiger partial charge is 0.481 e. The molecule has 1 aromatic carbocycles. The molecule has 2 heterocycles. The fourth-order valence-electron chi connectivity index (χ4n) is 4.91. The molecule has 1 amide bonds. The van der Waals surface area contributed by atoms with Crippen molar-refractivity contribution in [3.8, 4) is 0 Å². The molecule has 1 aromatic rings. The van der Waals surface area contributed by atoms with E-state index in [1.165, 1.54) is 0 Å². The van der Waals surface area contributed by atoms with Crippen molar-refractivity contribution in [3.63, 3.8) is 0 Å². The molecule has 29 heavy (non-hydrogen) atoms. The lowest BCUT2D eigenvalue weighted by atomic mass is 9.90. The van der Waals surface area contributed by atoms with Gasteiger partial charge in [0.05, 0.1) is 18.6 Å². The standard InChI is InChI=1S/C22H29NO6/c1-14-17(13-28-18-9-5-6-10-27-18)23(11-16-19(14)20(16)21(24)25)22(26)29-12-15-7-3-2-4-8-15/h2-4,7-8,14,16-20H,5-6,9-13H2,1H3,(H,24,25). The van der Waals surface area contributed by atoms with E-state index in [0.717, 1.165) is 24.8 Å². The predicted molar refractivity (Wildman–Crippen MR) is 104 cm³/mol. The van der Waals surface area contributed by atoms with Gasteiger partial charge in [0.1, 0.15) is 6.61 Å². The number of carboxylic acid groups (broad SMARTS) is 1. The van der Waals surface area contributed by atoms with Gasteiger partial charge in [0.15, 0.2) is 6.29 Å². The highest BCUT2D eigenvalue weighted by Gasteiger charge is 2.63. The number of carbonyl (C=O) groups excluding carboxylic acids is 1. The van der Waals surface area contributed by atoms with Crippen LogP contribution in [0.1, 0.15) is 31.7 Å². The molecule has 4 rings (SSSR count). The van der Waals surface area contributed by atoms with Crippen LogP contribution in [-0.4, -0.2) is 54.2 Å². The minimum atomic E-state index is -0.776. The van der Waals surface area contributed by atoms with Gasteiger partial charge >= 0.3 is 12.1 Å². The van der Waals surface area contributed by atoms with E-state index in [1.54, 1.807) is 4.90 Å². The van der Waals surface area contributed by atoms with Gasteiger partial charge in [-0.25, -0.2) is 4.79 Å². The van der Waals surface area contributed by atoms with E-state index >= 15 is 0 Å². The van der Waals surface area contributed by atoms with Crippen LogP contribution in [0.15, 0.2) is 30.3 Å². The highest BCUT2D eigenvalue weighted by molar-refractivity contribution is 5.75. The Labute approximate surface area is 170 Å². The molecule has 0 aromatic heterocycles. The molecule has 7 heteroatoms. The third-order valence-electron chi connectivity index (χ3n) is 6.57. The Balaban J connectivity index is 1.42. The lowest BCUT2D eigenvalue weighted by Crippen LogP contribution is -2.51. The number of ether oxygens (including phenoxy) is 3. The lowest BCUT2D eigenvalue weighted by molar-refractivity contribution is -0.174. The molecule has 0 radical (unpaired) electrons. The van der Waals surface area contributed by atoms with Crippen molar-refractivity contribution in [1.82, 2.24) is 4.90 Å². The molecule has 2 aliphatic heterocycles. The fraction of sp³-hybridized carbons (Fsp3) is 0.636. The van der Waals surface area contributed by atoms with Crippen molar-refractivity contribution in [3.05, 3.63) is 35.9 Å². The third-order valence-corrected chi connectivity index (χ3v) is 6.57. The second-order valence-electron chi connectivity index (χ2n) is 8.35. The summed E-state index contributed by atoms with van der Waals surface area (Å²) in [6, 6.07) is 9.32. The molecule has 0 bridgehead atoms. The normalized spacial score (nSPS) is 33.6. The van der Waals surface area contributed by atoms with E-state index in [2.05, 4.69) is 0 Å². The molecule has 3 aliphatic rings. The van der Waals surface area contributed by atoms with Gasteiger partial charge in [0.25, 0.3) is 0 Å². The molecule has 158 valence electrons. The van der Waals surface area contributed by atoms with Crippen LogP contribution in [0.5, 0.6) is 0 Å². The van der Waals surface area contributed by atoms with Crippen molar-refractivity contribution < 1.29 is 28.9 Å². The van der Waals surface area contributed by atoms with Gasteiger partial charge in [-0.3, -0.25) is 4.79 Å². The first-order chi connectivity index (χ1) is 14.1. The predicted octanol–water partition coefficient (Wildman–Crippen LogP) is 3.13. The summed E-state index contributed by atoms with van der Waals surface area (Å²) in [5, 5.41) is 9.51. The first kappa shape index (κ1) is 20.2. The zero-order chi connectivity index (χ0) is 20.4. The zero-order valence-electron chi connectivity index (χ0n) is 16.7. The number of carbonyl (C=O) groups is 2. The smallest absolute Gasteiger partial charge is 0.410 e. The summed E-state index contributed by atoms with van der Waals surface area (Å²) in [5.41, 5.74) is 0.919. The van der Waals surface area contributed by atoms with Gasteiger partial charge in [-0.2, -0.15) is 0 Å². The number of hydrogen-bond donors (Lipinski definition) is 1. The Morgan fingerprint density at radius 3 is 2.72 bits per heavy atom. The topological polar surface area (TPSA) is 85.3 Å². The van der Waals surface area contributed by atoms with Gasteiger partial charge < -0.3 is 24.2 Å². The second-order valence-corrected chi connectivity index (χ2v) is 8.35. The average molecular weight is 403 g/mol. The average Bonchev–Trinajstić information content (AvgIpc) is 3.48. The molecule has 2 saturated heterocycles. The van der Waals surface area contributed by atoms with E-state index < -0.39 is 12.1 Å². The number of fused-ring (bicyclic) bond motifs is 1. The van der Waals surface area contributed by atoms with Crippen molar-refractivity contribution in [2.45, 2.75) is 45.1 Å². The lowest BCUT2D eigenvalue weighted by Gasteiger charge is -2.39. The van der Waals surface area contributed by atoms with Crippen molar-refractivity contribution in [1.29, 1.82) is 0 Å². The Morgan fingerprint density at radius 2 is 2.03 bits per heavy atom. The number of hydrogen-bond acceptors (Lipinski definition) is 5. The Hall–Kier alpha value is -2.12. The maximum atomic E-state index is 12.9. The minimum absolute atomic E-state index is 0.00560. The molecule has 1 saturated carbocycles. The van der Waals surface area contributed by atoms with Crippen LogP contribution < -0.4 is 0 Å². The molecule has 6 unspecified atom stereocenters. The van der Waals surface area contributed by atoms with Gasteiger partial charge in [-0.05, 0) is 42.6 Å². The molecule has 3 fully saturated rings. The number of nitrogens with zero attached hydrogens (tertiary/aromatic N) is 1. The Morgan fingerprint density at radius 1 is 1.24 bits per heavy atom. The van der Waals surface area contributed by atoms with Gasteiger partial charge in [-0.1, -0.05) is 37.3 Å². The number of aliphatic carboxylic acids is 1. The number of piperidine rings is 1. The highest BCUT2D eigenvalue weighted by Crippen LogP contribution is 2.56. The molecule has 1 aliphatic carbocycles. The molecule has 6 atom stereocenters. The highest BCUT2D eigenvalue weighted by atomic mass is 16.7. The summed E-state index contributed by atoms with van der Waals surface area (Å²) in [4.78, 5) is 26.2. The number of benzene rings is 1. The van der Waals surface area contributed by atoms with Crippen molar-refractivity contribution >= 4 is 12.1 Å². The van der Waals surface area contributed by atoms with Crippen LogP contribution in [0.3, 0.4) is 0 Å². The van der Waals surface area contributed by atoms with Gasteiger partial charge in [0.2, 0.25) is 0 Å². The maximum absolute atomic E-state index is 12.9. The molecule has 1 N–H and O–H groups in total. The van der Waals surface area contributed by atoms with Gasteiger partial charge in [-0.15, -0.1) is 0 Å². The summed E-state index contributed by atoms with van der Waals surface area (Å²) >= 11 is 0. The first-order valence-electron chi connectivity index (χ1n) is 10.5.